The quantitative estimate of drug-likeness (QED) is 0.690. The minimum absolute atomic E-state index is 0.392. The maximum Gasteiger partial charge on any atom is 0.326 e. The van der Waals surface area contributed by atoms with Crippen LogP contribution in [0.15, 0.2) is 35.8 Å². The predicted molar refractivity (Wildman–Crippen MR) is 90.3 cm³/mol. The number of carboxylic acid groups (broad SMARTS) is 1. The van der Waals surface area contributed by atoms with Crippen molar-refractivity contribution in [1.29, 1.82) is 0 Å². The molecule has 0 aliphatic heterocycles. The van der Waals surface area contributed by atoms with Gasteiger partial charge in [-0.3, -0.25) is 4.79 Å². The Hall–Kier alpha value is -2.41. The average molecular weight is 333 g/mol. The second-order valence-electron chi connectivity index (χ2n) is 5.05. The highest BCUT2D eigenvalue weighted by Crippen LogP contribution is 2.19. The van der Waals surface area contributed by atoms with Crippen LogP contribution in [0.4, 0.5) is 10.8 Å². The van der Waals surface area contributed by atoms with Crippen molar-refractivity contribution in [3.8, 4) is 0 Å². The number of rotatable bonds is 8. The number of nitrogens with one attached hydrogen (secondary N) is 2. The Bertz CT molecular complexity index is 658. The van der Waals surface area contributed by atoms with E-state index in [0.717, 1.165) is 23.7 Å². The molecule has 122 valence electrons. The van der Waals surface area contributed by atoms with Crippen LogP contribution in [0, 0.1) is 0 Å². The van der Waals surface area contributed by atoms with Crippen molar-refractivity contribution in [2.75, 3.05) is 5.32 Å². The second kappa shape index (κ2) is 8.28. The number of carbonyl (C=O) groups excluding carboxylic acids is 1. The van der Waals surface area contributed by atoms with E-state index < -0.39 is 17.9 Å². The summed E-state index contributed by atoms with van der Waals surface area (Å²) in [4.78, 5) is 27.6. The topological polar surface area (TPSA) is 91.3 Å². The Morgan fingerprint density at radius 3 is 2.87 bits per heavy atom. The van der Waals surface area contributed by atoms with Crippen LogP contribution in [0.1, 0.15) is 36.5 Å². The molecule has 0 spiro atoms. The minimum atomic E-state index is -1.01. The van der Waals surface area contributed by atoms with E-state index in [-0.39, 0.29) is 0 Å². The molecule has 23 heavy (non-hydrogen) atoms. The van der Waals surface area contributed by atoms with Crippen LogP contribution in [0.3, 0.4) is 0 Å². The lowest BCUT2D eigenvalue weighted by molar-refractivity contribution is -0.139. The lowest BCUT2D eigenvalue weighted by atomic mass is 10.1. The monoisotopic (exact) mass is 333 g/mol. The number of anilines is 2. The molecule has 1 amide bonds. The van der Waals surface area contributed by atoms with Crippen LogP contribution in [0.5, 0.6) is 0 Å². The molecular formula is C16H19N3O3S. The molecule has 0 aliphatic carbocycles. The molecule has 0 saturated carbocycles. The van der Waals surface area contributed by atoms with Crippen LogP contribution in [0.25, 0.3) is 0 Å². The Labute approximate surface area is 138 Å². The van der Waals surface area contributed by atoms with Crippen LogP contribution in [0.2, 0.25) is 0 Å². The van der Waals surface area contributed by atoms with Crippen LogP contribution >= 0.6 is 11.3 Å². The van der Waals surface area contributed by atoms with Gasteiger partial charge in [0.15, 0.2) is 5.13 Å². The fourth-order valence-corrected chi connectivity index (χ4v) is 2.60. The number of amides is 1. The summed E-state index contributed by atoms with van der Waals surface area (Å²) in [5, 5.41) is 17.4. The first-order valence-electron chi connectivity index (χ1n) is 7.40. The third-order valence-corrected chi connectivity index (χ3v) is 3.95. The first kappa shape index (κ1) is 17.0. The van der Waals surface area contributed by atoms with Crippen molar-refractivity contribution in [2.24, 2.45) is 0 Å². The highest BCUT2D eigenvalue weighted by molar-refractivity contribution is 7.13. The molecule has 1 heterocycles. The summed E-state index contributed by atoms with van der Waals surface area (Å²) in [6.07, 6.45) is 3.75. The van der Waals surface area contributed by atoms with Crippen molar-refractivity contribution in [3.05, 3.63) is 41.4 Å². The average Bonchev–Trinajstić information content (AvgIpc) is 3.04. The van der Waals surface area contributed by atoms with Crippen LogP contribution in [-0.2, 0) is 4.79 Å². The molecule has 0 fully saturated rings. The molecule has 0 aliphatic rings. The molecule has 2 rings (SSSR count). The zero-order chi connectivity index (χ0) is 16.7. The van der Waals surface area contributed by atoms with E-state index in [1.807, 2.05) is 18.4 Å². The second-order valence-corrected chi connectivity index (χ2v) is 5.94. The number of thiazole rings is 1. The van der Waals surface area contributed by atoms with Gasteiger partial charge in [0.25, 0.3) is 5.91 Å². The van der Waals surface area contributed by atoms with Crippen molar-refractivity contribution < 1.29 is 14.7 Å². The number of hydrogen-bond donors (Lipinski definition) is 3. The SMILES string of the molecule is CCCCC(NC(=O)c1cccc(Nc2nccs2)c1)C(=O)O. The lowest BCUT2D eigenvalue weighted by Crippen LogP contribution is -2.40. The number of carbonyl (C=O) groups is 2. The molecule has 7 heteroatoms. The molecule has 1 aromatic carbocycles. The van der Waals surface area contributed by atoms with Crippen molar-refractivity contribution in [1.82, 2.24) is 10.3 Å². The highest BCUT2D eigenvalue weighted by Gasteiger charge is 2.20. The smallest absolute Gasteiger partial charge is 0.326 e. The molecule has 1 atom stereocenters. The Kier molecular flexibility index (Phi) is 6.10. The zero-order valence-corrected chi connectivity index (χ0v) is 13.6. The number of aromatic nitrogens is 1. The van der Waals surface area contributed by atoms with Crippen molar-refractivity contribution in [3.63, 3.8) is 0 Å². The van der Waals surface area contributed by atoms with Gasteiger partial charge >= 0.3 is 5.97 Å². The molecule has 3 N–H and O–H groups in total. The summed E-state index contributed by atoms with van der Waals surface area (Å²) >= 11 is 1.46. The molecule has 2 aromatic rings. The molecule has 0 radical (unpaired) electrons. The van der Waals surface area contributed by atoms with Gasteiger partial charge in [-0.1, -0.05) is 25.8 Å². The Balaban J connectivity index is 2.05. The normalized spacial score (nSPS) is 11.7. The third-order valence-electron chi connectivity index (χ3n) is 3.26. The van der Waals surface area contributed by atoms with Gasteiger partial charge in [-0.05, 0) is 24.6 Å². The lowest BCUT2D eigenvalue weighted by Gasteiger charge is -2.14. The van der Waals surface area contributed by atoms with E-state index in [1.165, 1.54) is 11.3 Å². The summed E-state index contributed by atoms with van der Waals surface area (Å²) in [7, 11) is 0. The molecule has 1 aromatic heterocycles. The van der Waals surface area contributed by atoms with Gasteiger partial charge in [0.2, 0.25) is 0 Å². The minimum Gasteiger partial charge on any atom is -0.480 e. The van der Waals surface area contributed by atoms with E-state index in [4.69, 9.17) is 0 Å². The van der Waals surface area contributed by atoms with Crippen LogP contribution < -0.4 is 10.6 Å². The number of hydrogen-bond acceptors (Lipinski definition) is 5. The van der Waals surface area contributed by atoms with Gasteiger partial charge in [0.05, 0.1) is 0 Å². The van der Waals surface area contributed by atoms with E-state index in [1.54, 1.807) is 24.4 Å². The first-order valence-corrected chi connectivity index (χ1v) is 8.28. The van der Waals surface area contributed by atoms with Gasteiger partial charge in [-0.2, -0.15) is 0 Å². The predicted octanol–water partition coefficient (Wildman–Crippen LogP) is 3.26. The standard InChI is InChI=1S/C16H19N3O3S/c1-2-3-7-13(15(21)22)19-14(20)11-5-4-6-12(10-11)18-16-17-8-9-23-16/h4-6,8-10,13H,2-3,7H2,1H3,(H,17,18)(H,19,20)(H,21,22). The summed E-state index contributed by atoms with van der Waals surface area (Å²) in [5.74, 6) is -1.40. The van der Waals surface area contributed by atoms with Crippen LogP contribution in [-0.4, -0.2) is 28.0 Å². The van der Waals surface area contributed by atoms with Gasteiger partial charge in [-0.25, -0.2) is 9.78 Å². The zero-order valence-electron chi connectivity index (χ0n) is 12.8. The molecule has 6 nitrogen and oxygen atoms in total. The maximum atomic E-state index is 12.3. The molecule has 1 unspecified atom stereocenters. The summed E-state index contributed by atoms with van der Waals surface area (Å²) < 4.78 is 0. The number of aliphatic carboxylic acids is 1. The molecule has 0 saturated heterocycles. The molecular weight excluding hydrogens is 314 g/mol. The number of unbranched alkanes of at least 4 members (excludes halogenated alkanes) is 1. The Morgan fingerprint density at radius 1 is 1.39 bits per heavy atom. The number of benzene rings is 1. The summed E-state index contributed by atoms with van der Waals surface area (Å²) in [5.41, 5.74) is 1.14. The van der Waals surface area contributed by atoms with E-state index in [9.17, 15) is 14.7 Å². The van der Waals surface area contributed by atoms with E-state index >= 15 is 0 Å². The van der Waals surface area contributed by atoms with E-state index in [2.05, 4.69) is 15.6 Å². The van der Waals surface area contributed by atoms with Crippen molar-refractivity contribution >= 4 is 34.0 Å². The summed E-state index contributed by atoms with van der Waals surface area (Å²) in [6.45, 7) is 1.98. The molecule has 0 bridgehead atoms. The van der Waals surface area contributed by atoms with Gasteiger partial charge in [0.1, 0.15) is 6.04 Å². The largest absolute Gasteiger partial charge is 0.480 e. The first-order chi connectivity index (χ1) is 11.1. The van der Waals surface area contributed by atoms with Gasteiger partial charge in [-0.15, -0.1) is 11.3 Å². The maximum absolute atomic E-state index is 12.3. The number of carboxylic acids is 1. The summed E-state index contributed by atoms with van der Waals surface area (Å²) in [6, 6.07) is 6.03. The number of nitrogens with zero attached hydrogens (tertiary/aromatic N) is 1. The fraction of sp³-hybridized carbons (Fsp3) is 0.312. The van der Waals surface area contributed by atoms with Gasteiger partial charge in [0, 0.05) is 22.8 Å². The van der Waals surface area contributed by atoms with Gasteiger partial charge < -0.3 is 15.7 Å². The fourth-order valence-electron chi connectivity index (χ4n) is 2.05. The third kappa shape index (κ3) is 5.07. The van der Waals surface area contributed by atoms with Crippen molar-refractivity contribution in [2.45, 2.75) is 32.2 Å². The Morgan fingerprint density at radius 2 is 2.22 bits per heavy atom. The van der Waals surface area contributed by atoms with E-state index in [0.29, 0.717) is 12.0 Å². The highest BCUT2D eigenvalue weighted by atomic mass is 32.1.